The zero-order valence-corrected chi connectivity index (χ0v) is 13.4. The highest BCUT2D eigenvalue weighted by Crippen LogP contribution is 2.23. The number of hydrogen-bond acceptors (Lipinski definition) is 6. The predicted octanol–water partition coefficient (Wildman–Crippen LogP) is 2.74. The van der Waals surface area contributed by atoms with E-state index in [9.17, 15) is 5.26 Å². The largest absolute Gasteiger partial charge is 0.368 e. The smallest absolute Gasteiger partial charge is 0.230 e. The number of nitriles is 1. The molecule has 1 aromatic heterocycles. The molecule has 0 saturated heterocycles. The van der Waals surface area contributed by atoms with Gasteiger partial charge in [0.25, 0.3) is 0 Å². The Bertz CT molecular complexity index is 963. The van der Waals surface area contributed by atoms with E-state index >= 15 is 0 Å². The van der Waals surface area contributed by atoms with Gasteiger partial charge < -0.3 is 10.6 Å². The second kappa shape index (κ2) is 6.34. The summed E-state index contributed by atoms with van der Waals surface area (Å²) in [5.74, 6) is 0.765. The molecule has 0 aliphatic carbocycles. The molecule has 3 aromatic rings. The number of fused-ring (bicyclic) bond motifs is 1. The Labute approximate surface area is 139 Å². The van der Waals surface area contributed by atoms with Crippen LogP contribution in [0.5, 0.6) is 0 Å². The van der Waals surface area contributed by atoms with E-state index in [2.05, 4.69) is 21.0 Å². The first-order chi connectivity index (χ1) is 11.6. The Balaban J connectivity index is 2.15. The number of nitrogens with zero attached hydrogens (tertiary/aromatic N) is 5. The fourth-order valence-electron chi connectivity index (χ4n) is 2.38. The van der Waals surface area contributed by atoms with Crippen LogP contribution in [0.1, 0.15) is 11.4 Å². The second-order valence-electron chi connectivity index (χ2n) is 5.45. The zero-order valence-electron chi connectivity index (χ0n) is 13.4. The third-order valence-electron chi connectivity index (χ3n) is 3.53. The van der Waals surface area contributed by atoms with E-state index in [4.69, 9.17) is 5.73 Å². The summed E-state index contributed by atoms with van der Waals surface area (Å²) >= 11 is 0. The van der Waals surface area contributed by atoms with E-state index in [0.29, 0.717) is 11.5 Å². The summed E-state index contributed by atoms with van der Waals surface area (Å²) in [6.07, 6.45) is 1.77. The lowest BCUT2D eigenvalue weighted by Crippen LogP contribution is -2.15. The summed E-state index contributed by atoms with van der Waals surface area (Å²) in [7, 11) is 3.61. The Morgan fingerprint density at radius 3 is 2.58 bits per heavy atom. The maximum absolute atomic E-state index is 9.56. The van der Waals surface area contributed by atoms with Crippen molar-refractivity contribution < 1.29 is 0 Å². The molecule has 0 atom stereocenters. The van der Waals surface area contributed by atoms with Gasteiger partial charge in [0.05, 0.1) is 5.57 Å². The first-order valence-electron chi connectivity index (χ1n) is 7.37. The minimum absolute atomic E-state index is 0.0859. The van der Waals surface area contributed by atoms with Gasteiger partial charge >= 0.3 is 0 Å². The van der Waals surface area contributed by atoms with Gasteiger partial charge in [-0.05, 0) is 22.4 Å². The van der Waals surface area contributed by atoms with Crippen LogP contribution in [0.3, 0.4) is 0 Å². The third-order valence-corrected chi connectivity index (χ3v) is 3.53. The summed E-state index contributed by atoms with van der Waals surface area (Å²) in [5, 5.41) is 11.7. The average Bonchev–Trinajstić information content (AvgIpc) is 2.59. The molecule has 0 spiro atoms. The number of rotatable bonds is 3. The number of allylic oxidation sites excluding steroid dienone is 1. The molecule has 2 N–H and O–H groups in total. The van der Waals surface area contributed by atoms with Crippen LogP contribution in [0.4, 0.5) is 11.9 Å². The van der Waals surface area contributed by atoms with Crippen molar-refractivity contribution in [2.45, 2.75) is 0 Å². The normalized spacial score (nSPS) is 11.3. The maximum atomic E-state index is 9.56. The van der Waals surface area contributed by atoms with Crippen molar-refractivity contribution in [2.24, 2.45) is 0 Å². The second-order valence-corrected chi connectivity index (χ2v) is 5.45. The summed E-state index contributed by atoms with van der Waals surface area (Å²) in [5.41, 5.74) is 7.01. The molecule has 3 rings (SSSR count). The first-order valence-corrected chi connectivity index (χ1v) is 7.37. The Hall–Kier alpha value is -3.46. The van der Waals surface area contributed by atoms with E-state index in [1.807, 2.05) is 42.5 Å². The van der Waals surface area contributed by atoms with Gasteiger partial charge in [0.1, 0.15) is 6.07 Å². The molecule has 0 radical (unpaired) electrons. The van der Waals surface area contributed by atoms with Crippen molar-refractivity contribution in [3.8, 4) is 6.07 Å². The molecular weight excluding hydrogens is 300 g/mol. The van der Waals surface area contributed by atoms with Crippen LogP contribution >= 0.6 is 0 Å². The topological polar surface area (TPSA) is 91.7 Å². The maximum Gasteiger partial charge on any atom is 0.230 e. The molecule has 24 heavy (non-hydrogen) atoms. The summed E-state index contributed by atoms with van der Waals surface area (Å²) < 4.78 is 0. The van der Waals surface area contributed by atoms with Gasteiger partial charge in [-0.15, -0.1) is 0 Å². The van der Waals surface area contributed by atoms with Crippen LogP contribution in [0.15, 0.2) is 42.5 Å². The molecule has 0 bridgehead atoms. The monoisotopic (exact) mass is 316 g/mol. The molecule has 0 amide bonds. The van der Waals surface area contributed by atoms with Crippen molar-refractivity contribution in [1.29, 1.82) is 5.26 Å². The van der Waals surface area contributed by atoms with E-state index in [-0.39, 0.29) is 11.8 Å². The quantitative estimate of drug-likeness (QED) is 0.747. The van der Waals surface area contributed by atoms with Gasteiger partial charge in [-0.25, -0.2) is 0 Å². The average molecular weight is 316 g/mol. The number of anilines is 2. The van der Waals surface area contributed by atoms with E-state index in [1.54, 1.807) is 25.1 Å². The lowest BCUT2D eigenvalue weighted by atomic mass is 10.0. The first kappa shape index (κ1) is 15.4. The molecule has 1 heterocycles. The molecule has 118 valence electrons. The highest BCUT2D eigenvalue weighted by atomic mass is 15.3. The van der Waals surface area contributed by atoms with Crippen LogP contribution in [0.25, 0.3) is 22.4 Å². The molecule has 6 nitrogen and oxygen atoms in total. The standard InChI is InChI=1S/C18H16N6/c1-24(2)18-22-16(21-17(20)23-18)14(11-19)10-13-8-5-7-12-6-3-4-9-15(12)13/h3-10H,1-2H3,(H2,20,21,22,23)/b14-10-. The minimum Gasteiger partial charge on any atom is -0.368 e. The van der Waals surface area contributed by atoms with Gasteiger partial charge in [0.15, 0.2) is 5.82 Å². The SMILES string of the molecule is CN(C)c1nc(N)nc(/C(C#N)=C\c2cccc3ccccc23)n1. The lowest BCUT2D eigenvalue weighted by Gasteiger charge is -2.11. The van der Waals surface area contributed by atoms with Gasteiger partial charge in [-0.2, -0.15) is 20.2 Å². The number of nitrogens with two attached hydrogens (primary N) is 1. The summed E-state index contributed by atoms with van der Waals surface area (Å²) in [6.45, 7) is 0. The molecule has 0 fully saturated rings. The summed E-state index contributed by atoms with van der Waals surface area (Å²) in [4.78, 5) is 14.2. The molecule has 2 aromatic carbocycles. The van der Waals surface area contributed by atoms with E-state index < -0.39 is 0 Å². The molecule has 0 aliphatic heterocycles. The van der Waals surface area contributed by atoms with Gasteiger partial charge in [-0.1, -0.05) is 42.5 Å². The van der Waals surface area contributed by atoms with Crippen LogP contribution < -0.4 is 10.6 Å². The zero-order chi connectivity index (χ0) is 17.1. The Morgan fingerprint density at radius 2 is 1.83 bits per heavy atom. The number of benzene rings is 2. The highest BCUT2D eigenvalue weighted by molar-refractivity contribution is 5.97. The van der Waals surface area contributed by atoms with Crippen LogP contribution in [0, 0.1) is 11.3 Å². The fraction of sp³-hybridized carbons (Fsp3) is 0.111. The summed E-state index contributed by atoms with van der Waals surface area (Å²) in [6, 6.07) is 16.1. The van der Waals surface area contributed by atoms with Crippen molar-refractivity contribution in [1.82, 2.24) is 15.0 Å². The molecule has 0 saturated carbocycles. The van der Waals surface area contributed by atoms with Gasteiger partial charge in [0, 0.05) is 14.1 Å². The fourth-order valence-corrected chi connectivity index (χ4v) is 2.38. The Kier molecular flexibility index (Phi) is 4.08. The number of hydrogen-bond donors (Lipinski definition) is 1. The predicted molar refractivity (Wildman–Crippen MR) is 96.0 cm³/mol. The molecule has 0 unspecified atom stereocenters. The molecular formula is C18H16N6. The number of aromatic nitrogens is 3. The van der Waals surface area contributed by atoms with Crippen molar-refractivity contribution in [3.05, 3.63) is 53.9 Å². The van der Waals surface area contributed by atoms with Crippen molar-refractivity contribution in [2.75, 3.05) is 24.7 Å². The Morgan fingerprint density at radius 1 is 1.08 bits per heavy atom. The van der Waals surface area contributed by atoms with E-state index in [0.717, 1.165) is 16.3 Å². The van der Waals surface area contributed by atoms with Gasteiger partial charge in [0.2, 0.25) is 11.9 Å². The number of nitrogen functional groups attached to an aromatic ring is 1. The lowest BCUT2D eigenvalue weighted by molar-refractivity contribution is 0.952. The van der Waals surface area contributed by atoms with Crippen LogP contribution in [-0.4, -0.2) is 29.0 Å². The highest BCUT2D eigenvalue weighted by Gasteiger charge is 2.11. The molecule has 0 aliphatic rings. The van der Waals surface area contributed by atoms with Crippen LogP contribution in [-0.2, 0) is 0 Å². The third kappa shape index (κ3) is 3.01. The molecule has 6 heteroatoms. The van der Waals surface area contributed by atoms with E-state index in [1.165, 1.54) is 0 Å². The van der Waals surface area contributed by atoms with Gasteiger partial charge in [-0.3, -0.25) is 0 Å². The van der Waals surface area contributed by atoms with Crippen molar-refractivity contribution >= 4 is 34.3 Å². The van der Waals surface area contributed by atoms with Crippen LogP contribution in [0.2, 0.25) is 0 Å². The minimum atomic E-state index is 0.0859. The van der Waals surface area contributed by atoms with Crippen molar-refractivity contribution in [3.63, 3.8) is 0 Å².